The van der Waals surface area contributed by atoms with Crippen molar-refractivity contribution in [2.75, 3.05) is 13.7 Å². The van der Waals surface area contributed by atoms with Crippen LogP contribution in [0.4, 0.5) is 4.39 Å². The van der Waals surface area contributed by atoms with Gasteiger partial charge in [-0.05, 0) is 28.1 Å². The third-order valence-electron chi connectivity index (χ3n) is 2.42. The Hall–Kier alpha value is -1.47. The molecule has 0 aliphatic rings. The van der Waals surface area contributed by atoms with Gasteiger partial charge < -0.3 is 15.2 Å². The summed E-state index contributed by atoms with van der Waals surface area (Å²) in [6.45, 7) is 0.0323. The quantitative estimate of drug-likeness (QED) is 0.832. The number of hydrogen-bond donors (Lipinski definition) is 2. The van der Waals surface area contributed by atoms with Crippen LogP contribution in [0, 0.1) is 5.82 Å². The third-order valence-corrected chi connectivity index (χ3v) is 3.23. The number of hydrogen-bond acceptors (Lipinski definition) is 3. The van der Waals surface area contributed by atoms with E-state index in [9.17, 15) is 14.0 Å². The number of nitrogens with one attached hydrogen (secondary N) is 1. The van der Waals surface area contributed by atoms with E-state index in [1.54, 1.807) is 0 Å². The minimum atomic E-state index is -1.02. The number of carboxylic acids is 1. The Morgan fingerprint density at radius 2 is 2.21 bits per heavy atom. The molecule has 0 spiro atoms. The van der Waals surface area contributed by atoms with E-state index in [0.29, 0.717) is 0 Å². The van der Waals surface area contributed by atoms with Crippen LogP contribution in [0.3, 0.4) is 0 Å². The summed E-state index contributed by atoms with van der Waals surface area (Å²) in [4.78, 5) is 22.3. The fourth-order valence-electron chi connectivity index (χ4n) is 1.41. The molecule has 0 saturated heterocycles. The predicted octanol–water partition coefficient (Wildman–Crippen LogP) is 1.81. The maximum atomic E-state index is 13.2. The average Bonchev–Trinajstić information content (AvgIpc) is 2.37. The van der Waals surface area contributed by atoms with Crippen molar-refractivity contribution in [2.45, 2.75) is 12.5 Å². The van der Waals surface area contributed by atoms with Crippen LogP contribution in [0.2, 0.25) is 0 Å². The summed E-state index contributed by atoms with van der Waals surface area (Å²) in [5.41, 5.74) is 0.144. The van der Waals surface area contributed by atoms with E-state index in [1.165, 1.54) is 25.3 Å². The summed E-state index contributed by atoms with van der Waals surface area (Å²) >= 11 is 2.98. The summed E-state index contributed by atoms with van der Waals surface area (Å²) in [7, 11) is 1.36. The molecule has 0 saturated carbocycles. The largest absolute Gasteiger partial charge is 0.481 e. The molecule has 1 atom stereocenters. The molecular weight excluding hydrogens is 321 g/mol. The summed E-state index contributed by atoms with van der Waals surface area (Å²) in [5, 5.41) is 11.1. The van der Waals surface area contributed by atoms with Crippen molar-refractivity contribution in [3.8, 4) is 0 Å². The van der Waals surface area contributed by atoms with E-state index in [2.05, 4.69) is 21.2 Å². The van der Waals surface area contributed by atoms with Crippen LogP contribution in [0.5, 0.6) is 0 Å². The average molecular weight is 334 g/mol. The van der Waals surface area contributed by atoms with Crippen LogP contribution < -0.4 is 5.32 Å². The fourth-order valence-corrected chi connectivity index (χ4v) is 1.86. The number of benzene rings is 1. The first kappa shape index (κ1) is 15.6. The Kier molecular flexibility index (Phi) is 5.91. The van der Waals surface area contributed by atoms with Gasteiger partial charge in [0.15, 0.2) is 0 Å². The molecule has 5 nitrogen and oxygen atoms in total. The second-order valence-corrected chi connectivity index (χ2v) is 4.56. The number of aliphatic carboxylic acids is 1. The van der Waals surface area contributed by atoms with E-state index in [1.807, 2.05) is 0 Å². The molecule has 2 N–H and O–H groups in total. The van der Waals surface area contributed by atoms with E-state index in [-0.39, 0.29) is 23.0 Å². The summed E-state index contributed by atoms with van der Waals surface area (Å²) in [5.74, 6) is -2.06. The van der Waals surface area contributed by atoms with Crippen LogP contribution in [0.15, 0.2) is 22.7 Å². The Morgan fingerprint density at radius 3 is 2.79 bits per heavy atom. The Bertz CT molecular complexity index is 481. The van der Waals surface area contributed by atoms with Gasteiger partial charge in [0.05, 0.1) is 22.6 Å². The molecular formula is C12H13BrFNO4. The summed E-state index contributed by atoms with van der Waals surface area (Å²) in [6.07, 6.45) is -0.852. The lowest BCUT2D eigenvalue weighted by atomic mass is 10.2. The van der Waals surface area contributed by atoms with E-state index in [0.717, 1.165) is 0 Å². The van der Waals surface area contributed by atoms with Crippen molar-refractivity contribution in [2.24, 2.45) is 0 Å². The zero-order valence-corrected chi connectivity index (χ0v) is 11.7. The Balaban J connectivity index is 2.64. The number of halogens is 2. The number of ether oxygens (including phenoxy) is 1. The highest BCUT2D eigenvalue weighted by atomic mass is 79.9. The van der Waals surface area contributed by atoms with Crippen molar-refractivity contribution in [3.63, 3.8) is 0 Å². The molecule has 19 heavy (non-hydrogen) atoms. The molecule has 0 radical (unpaired) electrons. The second kappa shape index (κ2) is 7.20. The Morgan fingerprint density at radius 1 is 1.53 bits per heavy atom. The molecule has 7 heteroatoms. The van der Waals surface area contributed by atoms with Gasteiger partial charge in [0.25, 0.3) is 5.91 Å². The lowest BCUT2D eigenvalue weighted by molar-refractivity contribution is -0.139. The zero-order valence-electron chi connectivity index (χ0n) is 10.2. The number of carboxylic acid groups (broad SMARTS) is 1. The molecule has 0 aromatic heterocycles. The lowest BCUT2D eigenvalue weighted by Crippen LogP contribution is -2.34. The molecule has 1 amide bonds. The first-order valence-corrected chi connectivity index (χ1v) is 6.21. The number of amides is 1. The molecule has 0 heterocycles. The molecule has 1 aromatic rings. The van der Waals surface area contributed by atoms with Crippen LogP contribution in [0.1, 0.15) is 16.8 Å². The minimum absolute atomic E-state index is 0.0323. The van der Waals surface area contributed by atoms with Gasteiger partial charge in [-0.25, -0.2) is 4.39 Å². The van der Waals surface area contributed by atoms with Gasteiger partial charge in [-0.3, -0.25) is 9.59 Å². The Labute approximate surface area is 117 Å². The summed E-state index contributed by atoms with van der Waals surface area (Å²) < 4.78 is 18.2. The second-order valence-electron chi connectivity index (χ2n) is 3.77. The van der Waals surface area contributed by atoms with Gasteiger partial charge in [-0.15, -0.1) is 0 Å². The molecule has 0 aliphatic heterocycles. The SMILES string of the molecule is COC(CNC(=O)c1cccc(F)c1Br)CC(=O)O. The maximum absolute atomic E-state index is 13.2. The molecule has 1 unspecified atom stereocenters. The van der Waals surface area contributed by atoms with Crippen molar-refractivity contribution in [3.05, 3.63) is 34.1 Å². The van der Waals surface area contributed by atoms with Gasteiger partial charge in [0, 0.05) is 13.7 Å². The van der Waals surface area contributed by atoms with Crippen molar-refractivity contribution >= 4 is 27.8 Å². The molecule has 1 rings (SSSR count). The zero-order chi connectivity index (χ0) is 14.4. The van der Waals surface area contributed by atoms with Crippen LogP contribution in [-0.4, -0.2) is 36.7 Å². The normalized spacial score (nSPS) is 11.9. The van der Waals surface area contributed by atoms with Crippen molar-refractivity contribution < 1.29 is 23.8 Å². The van der Waals surface area contributed by atoms with Gasteiger partial charge in [0.2, 0.25) is 0 Å². The van der Waals surface area contributed by atoms with Crippen LogP contribution in [0.25, 0.3) is 0 Å². The third kappa shape index (κ3) is 4.60. The number of carbonyl (C=O) groups is 2. The van der Waals surface area contributed by atoms with Gasteiger partial charge in [0.1, 0.15) is 5.82 Å². The fraction of sp³-hybridized carbons (Fsp3) is 0.333. The monoisotopic (exact) mass is 333 g/mol. The van der Waals surface area contributed by atoms with Gasteiger partial charge in [-0.1, -0.05) is 6.07 Å². The highest BCUT2D eigenvalue weighted by Crippen LogP contribution is 2.20. The topological polar surface area (TPSA) is 75.6 Å². The molecule has 104 valence electrons. The minimum Gasteiger partial charge on any atom is -0.481 e. The lowest BCUT2D eigenvalue weighted by Gasteiger charge is -2.14. The molecule has 1 aromatic carbocycles. The van der Waals surface area contributed by atoms with E-state index in [4.69, 9.17) is 9.84 Å². The van der Waals surface area contributed by atoms with Crippen molar-refractivity contribution in [1.82, 2.24) is 5.32 Å². The van der Waals surface area contributed by atoms with Gasteiger partial charge >= 0.3 is 5.97 Å². The number of carbonyl (C=O) groups excluding carboxylic acids is 1. The number of methoxy groups -OCH3 is 1. The predicted molar refractivity (Wildman–Crippen MR) is 69.5 cm³/mol. The summed E-state index contributed by atoms with van der Waals surface area (Å²) in [6, 6.07) is 4.10. The van der Waals surface area contributed by atoms with Crippen molar-refractivity contribution in [1.29, 1.82) is 0 Å². The number of rotatable bonds is 6. The smallest absolute Gasteiger partial charge is 0.306 e. The van der Waals surface area contributed by atoms with Crippen LogP contribution >= 0.6 is 15.9 Å². The molecule has 0 aliphatic carbocycles. The standard InChI is InChI=1S/C12H13BrFNO4/c1-19-7(5-10(16)17)6-15-12(18)8-3-2-4-9(14)11(8)13/h2-4,7H,5-6H2,1H3,(H,15,18)(H,16,17). The van der Waals surface area contributed by atoms with E-state index >= 15 is 0 Å². The van der Waals surface area contributed by atoms with E-state index < -0.39 is 23.8 Å². The highest BCUT2D eigenvalue weighted by molar-refractivity contribution is 9.10. The first-order valence-electron chi connectivity index (χ1n) is 5.42. The molecule has 0 fully saturated rings. The highest BCUT2D eigenvalue weighted by Gasteiger charge is 2.16. The van der Waals surface area contributed by atoms with Gasteiger partial charge in [-0.2, -0.15) is 0 Å². The first-order chi connectivity index (χ1) is 8.95. The maximum Gasteiger partial charge on any atom is 0.306 e. The van der Waals surface area contributed by atoms with Crippen LogP contribution in [-0.2, 0) is 9.53 Å². The molecule has 0 bridgehead atoms.